The Morgan fingerprint density at radius 1 is 1.13 bits per heavy atom. The first-order chi connectivity index (χ1) is 11.1. The van der Waals surface area contributed by atoms with Gasteiger partial charge in [-0.25, -0.2) is 17.1 Å². The molecule has 2 aromatic carbocycles. The summed E-state index contributed by atoms with van der Waals surface area (Å²) in [6.45, 7) is 0.778. The summed E-state index contributed by atoms with van der Waals surface area (Å²) in [5.74, 6) is 0.169. The molecule has 0 N–H and O–H groups in total. The number of rotatable bonds is 4. The van der Waals surface area contributed by atoms with Gasteiger partial charge in [0.1, 0.15) is 5.82 Å². The number of benzene rings is 2. The molecule has 0 atom stereocenters. The Kier molecular flexibility index (Phi) is 4.68. The molecule has 0 amide bonds. The lowest BCUT2D eigenvalue weighted by Gasteiger charge is -2.19. The van der Waals surface area contributed by atoms with Crippen LogP contribution in [0.1, 0.15) is 5.56 Å². The van der Waals surface area contributed by atoms with E-state index in [9.17, 15) is 12.8 Å². The quantitative estimate of drug-likeness (QED) is 0.851. The van der Waals surface area contributed by atoms with E-state index in [2.05, 4.69) is 4.99 Å². The third-order valence-corrected chi connectivity index (χ3v) is 6.36. The van der Waals surface area contributed by atoms with E-state index >= 15 is 0 Å². The monoisotopic (exact) mass is 350 g/mol. The first-order valence-electron chi connectivity index (χ1n) is 7.07. The lowest BCUT2D eigenvalue weighted by molar-refractivity contribution is 0.540. The number of halogens is 1. The van der Waals surface area contributed by atoms with Crippen LogP contribution in [0.2, 0.25) is 0 Å². The number of aliphatic imine (C=N–C) groups is 1. The molecule has 1 aliphatic heterocycles. The molecular weight excluding hydrogens is 335 g/mol. The molecular formula is C16H15FN2O2S2. The minimum Gasteiger partial charge on any atom is -0.260 e. The van der Waals surface area contributed by atoms with Gasteiger partial charge in [-0.1, -0.05) is 42.1 Å². The summed E-state index contributed by atoms with van der Waals surface area (Å²) in [6.07, 6.45) is 0. The molecule has 7 heteroatoms. The smallest absolute Gasteiger partial charge is 0.260 e. The van der Waals surface area contributed by atoms with Gasteiger partial charge in [0.05, 0.1) is 18.0 Å². The zero-order valence-electron chi connectivity index (χ0n) is 12.2. The number of thioether (sulfide) groups is 1. The summed E-state index contributed by atoms with van der Waals surface area (Å²) >= 11 is 1.31. The van der Waals surface area contributed by atoms with Crippen LogP contribution in [-0.2, 0) is 15.8 Å². The molecule has 23 heavy (non-hydrogen) atoms. The Hall–Kier alpha value is -1.86. The predicted molar refractivity (Wildman–Crippen MR) is 90.3 cm³/mol. The maximum Gasteiger partial charge on any atom is 0.265 e. The van der Waals surface area contributed by atoms with E-state index in [0.29, 0.717) is 24.0 Å². The molecule has 0 aliphatic carbocycles. The molecule has 0 spiro atoms. The molecule has 2 aromatic rings. The van der Waals surface area contributed by atoms with Gasteiger partial charge in [0.2, 0.25) is 0 Å². The maximum atomic E-state index is 13.2. The Balaban J connectivity index is 1.75. The molecule has 1 heterocycles. The number of hydrogen-bond acceptors (Lipinski definition) is 4. The van der Waals surface area contributed by atoms with Crippen molar-refractivity contribution in [3.63, 3.8) is 0 Å². The molecule has 1 aliphatic rings. The van der Waals surface area contributed by atoms with E-state index in [1.165, 1.54) is 28.2 Å². The highest BCUT2D eigenvalue weighted by Crippen LogP contribution is 2.25. The van der Waals surface area contributed by atoms with Crippen molar-refractivity contribution in [3.05, 3.63) is 66.0 Å². The van der Waals surface area contributed by atoms with Crippen LogP contribution in [-0.4, -0.2) is 31.0 Å². The van der Waals surface area contributed by atoms with Crippen molar-refractivity contribution < 1.29 is 12.8 Å². The fourth-order valence-corrected chi connectivity index (χ4v) is 4.93. The summed E-state index contributed by atoms with van der Waals surface area (Å²) in [4.78, 5) is 4.53. The number of amidine groups is 1. The summed E-state index contributed by atoms with van der Waals surface area (Å²) in [5, 5.41) is 0.457. The van der Waals surface area contributed by atoms with E-state index < -0.39 is 10.0 Å². The Morgan fingerprint density at radius 2 is 1.91 bits per heavy atom. The Bertz CT molecular complexity index is 823. The highest BCUT2D eigenvalue weighted by atomic mass is 32.2. The minimum atomic E-state index is -3.59. The van der Waals surface area contributed by atoms with Crippen LogP contribution < -0.4 is 0 Å². The average Bonchev–Trinajstić information content (AvgIpc) is 3.03. The van der Waals surface area contributed by atoms with Crippen molar-refractivity contribution in [2.75, 3.05) is 13.1 Å². The van der Waals surface area contributed by atoms with Gasteiger partial charge in [0.25, 0.3) is 10.0 Å². The van der Waals surface area contributed by atoms with Crippen molar-refractivity contribution >= 4 is 27.0 Å². The molecule has 0 aromatic heterocycles. The van der Waals surface area contributed by atoms with Crippen LogP contribution in [0.4, 0.5) is 4.39 Å². The van der Waals surface area contributed by atoms with Gasteiger partial charge in [-0.2, -0.15) is 0 Å². The lowest BCUT2D eigenvalue weighted by atomic mass is 10.2. The van der Waals surface area contributed by atoms with E-state index in [0.717, 1.165) is 5.56 Å². The number of sulfonamides is 1. The van der Waals surface area contributed by atoms with E-state index in [4.69, 9.17) is 0 Å². The Morgan fingerprint density at radius 3 is 2.65 bits per heavy atom. The molecule has 3 rings (SSSR count). The van der Waals surface area contributed by atoms with Crippen LogP contribution in [0.15, 0.2) is 64.5 Å². The lowest BCUT2D eigenvalue weighted by Crippen LogP contribution is -2.32. The van der Waals surface area contributed by atoms with Crippen molar-refractivity contribution in [2.24, 2.45) is 4.99 Å². The van der Waals surface area contributed by atoms with Crippen LogP contribution in [0.25, 0.3) is 0 Å². The van der Waals surface area contributed by atoms with Gasteiger partial charge >= 0.3 is 0 Å². The Labute approximate surface area is 139 Å². The van der Waals surface area contributed by atoms with Gasteiger partial charge in [-0.05, 0) is 29.8 Å². The van der Waals surface area contributed by atoms with E-state index in [-0.39, 0.29) is 10.7 Å². The fraction of sp³-hybridized carbons (Fsp3) is 0.188. The molecule has 0 fully saturated rings. The van der Waals surface area contributed by atoms with Gasteiger partial charge in [0, 0.05) is 5.75 Å². The standard InChI is InChI=1S/C16H15FN2O2S2/c17-14-6-4-5-13(11-14)12-22-16-18-9-10-19(16)23(20,21)15-7-2-1-3-8-15/h1-8,11H,9-10,12H2. The van der Waals surface area contributed by atoms with E-state index in [1.54, 1.807) is 36.4 Å². The summed E-state index contributed by atoms with van der Waals surface area (Å²) in [6, 6.07) is 14.6. The third kappa shape index (κ3) is 3.56. The minimum absolute atomic E-state index is 0.251. The van der Waals surface area contributed by atoms with Crippen molar-refractivity contribution in [3.8, 4) is 0 Å². The van der Waals surface area contributed by atoms with Crippen LogP contribution in [0.3, 0.4) is 0 Å². The van der Waals surface area contributed by atoms with Crippen LogP contribution in [0.5, 0.6) is 0 Å². The van der Waals surface area contributed by atoms with Crippen LogP contribution in [0, 0.1) is 5.82 Å². The molecule has 0 radical (unpaired) electrons. The number of nitrogens with zero attached hydrogens (tertiary/aromatic N) is 2. The predicted octanol–water partition coefficient (Wildman–Crippen LogP) is 3.12. The van der Waals surface area contributed by atoms with E-state index in [1.807, 2.05) is 6.07 Å². The molecule has 0 bridgehead atoms. The normalized spacial score (nSPS) is 14.8. The van der Waals surface area contributed by atoms with Gasteiger partial charge in [0.15, 0.2) is 5.17 Å². The molecule has 0 saturated heterocycles. The van der Waals surface area contributed by atoms with Gasteiger partial charge in [-0.15, -0.1) is 0 Å². The second-order valence-electron chi connectivity index (χ2n) is 4.97. The molecule has 0 saturated carbocycles. The highest BCUT2D eigenvalue weighted by Gasteiger charge is 2.30. The zero-order chi connectivity index (χ0) is 16.3. The van der Waals surface area contributed by atoms with Crippen molar-refractivity contribution in [1.29, 1.82) is 0 Å². The first kappa shape index (κ1) is 16.0. The summed E-state index contributed by atoms with van der Waals surface area (Å²) in [5.41, 5.74) is 0.793. The maximum absolute atomic E-state index is 13.2. The third-order valence-electron chi connectivity index (χ3n) is 3.35. The zero-order valence-corrected chi connectivity index (χ0v) is 13.9. The molecule has 0 unspecified atom stereocenters. The summed E-state index contributed by atoms with van der Waals surface area (Å²) in [7, 11) is -3.59. The highest BCUT2D eigenvalue weighted by molar-refractivity contribution is 8.14. The van der Waals surface area contributed by atoms with Gasteiger partial charge < -0.3 is 0 Å². The fourth-order valence-electron chi connectivity index (χ4n) is 2.25. The van der Waals surface area contributed by atoms with Crippen molar-refractivity contribution in [1.82, 2.24) is 4.31 Å². The topological polar surface area (TPSA) is 49.7 Å². The average molecular weight is 350 g/mol. The largest absolute Gasteiger partial charge is 0.265 e. The first-order valence-corrected chi connectivity index (χ1v) is 9.49. The number of hydrogen-bond donors (Lipinski definition) is 0. The molecule has 120 valence electrons. The summed E-state index contributed by atoms with van der Waals surface area (Å²) < 4.78 is 39.9. The van der Waals surface area contributed by atoms with Gasteiger partial charge in [-0.3, -0.25) is 4.99 Å². The van der Waals surface area contributed by atoms with Crippen molar-refractivity contribution in [2.45, 2.75) is 10.6 Å². The molecule has 4 nitrogen and oxygen atoms in total. The SMILES string of the molecule is O=S(=O)(c1ccccc1)N1CCN=C1SCc1cccc(F)c1. The second-order valence-corrected chi connectivity index (χ2v) is 7.78. The van der Waals surface area contributed by atoms with Crippen LogP contribution >= 0.6 is 11.8 Å². The second kappa shape index (κ2) is 6.72.